The second-order valence-corrected chi connectivity index (χ2v) is 5.55. The highest BCUT2D eigenvalue weighted by Gasteiger charge is 2.23. The second kappa shape index (κ2) is 5.94. The van der Waals surface area contributed by atoms with E-state index in [-0.39, 0.29) is 6.10 Å². The van der Waals surface area contributed by atoms with Gasteiger partial charge < -0.3 is 15.0 Å². The number of ether oxygens (including phenoxy) is 1. The zero-order chi connectivity index (χ0) is 13.1. The van der Waals surface area contributed by atoms with Crippen molar-refractivity contribution < 1.29 is 4.74 Å². The van der Waals surface area contributed by atoms with Gasteiger partial charge in [0, 0.05) is 43.9 Å². The highest BCUT2D eigenvalue weighted by Crippen LogP contribution is 2.24. The second-order valence-electron chi connectivity index (χ2n) is 5.55. The number of hydrogen-bond acceptors (Lipinski definition) is 5. The third-order valence-corrected chi connectivity index (χ3v) is 3.95. The smallest absolute Gasteiger partial charge is 0.131 e. The maximum Gasteiger partial charge on any atom is 0.131 e. The molecule has 2 aliphatic rings. The molecule has 2 unspecified atom stereocenters. The molecular formula is C14H22N4O. The molecule has 1 aromatic rings. The molecule has 0 saturated carbocycles. The first kappa shape index (κ1) is 13.0. The van der Waals surface area contributed by atoms with Crippen molar-refractivity contribution in [1.29, 1.82) is 0 Å². The summed E-state index contributed by atoms with van der Waals surface area (Å²) >= 11 is 0. The molecule has 2 fully saturated rings. The Bertz CT molecular complexity index is 420. The van der Waals surface area contributed by atoms with E-state index in [2.05, 4.69) is 28.3 Å². The van der Waals surface area contributed by atoms with Gasteiger partial charge in [-0.2, -0.15) is 0 Å². The standard InChI is InChI=1S/C14H22N4O/c1-18-6-3-11(10-18)13-2-4-16-14(17-13)8-12-9-15-5-7-19-12/h2,4,11-12,15H,3,5-10H2,1H3. The van der Waals surface area contributed by atoms with Crippen molar-refractivity contribution in [2.75, 3.05) is 39.8 Å². The van der Waals surface area contributed by atoms with Crippen LogP contribution in [0, 0.1) is 0 Å². The fourth-order valence-electron chi connectivity index (χ4n) is 2.87. The maximum atomic E-state index is 5.71. The van der Waals surface area contributed by atoms with Crippen molar-refractivity contribution >= 4 is 0 Å². The normalized spacial score (nSPS) is 28.7. The number of rotatable bonds is 3. The zero-order valence-corrected chi connectivity index (χ0v) is 11.5. The van der Waals surface area contributed by atoms with Gasteiger partial charge in [-0.15, -0.1) is 0 Å². The zero-order valence-electron chi connectivity index (χ0n) is 11.5. The first-order valence-electron chi connectivity index (χ1n) is 7.14. The van der Waals surface area contributed by atoms with Crippen molar-refractivity contribution in [2.24, 2.45) is 0 Å². The quantitative estimate of drug-likeness (QED) is 0.856. The van der Waals surface area contributed by atoms with Crippen LogP contribution in [0.4, 0.5) is 0 Å². The van der Waals surface area contributed by atoms with Crippen LogP contribution in [0.1, 0.15) is 23.9 Å². The average Bonchev–Trinajstić information content (AvgIpc) is 2.87. The topological polar surface area (TPSA) is 50.3 Å². The Morgan fingerprint density at radius 2 is 2.47 bits per heavy atom. The summed E-state index contributed by atoms with van der Waals surface area (Å²) in [5.41, 5.74) is 1.19. The largest absolute Gasteiger partial charge is 0.375 e. The Morgan fingerprint density at radius 3 is 3.21 bits per heavy atom. The van der Waals surface area contributed by atoms with Crippen LogP contribution in [0.3, 0.4) is 0 Å². The monoisotopic (exact) mass is 262 g/mol. The van der Waals surface area contributed by atoms with Crippen molar-refractivity contribution in [3.8, 4) is 0 Å². The third kappa shape index (κ3) is 3.29. The fourth-order valence-corrected chi connectivity index (χ4v) is 2.87. The summed E-state index contributed by atoms with van der Waals surface area (Å²) in [5, 5.41) is 3.34. The molecule has 3 heterocycles. The molecule has 0 amide bonds. The summed E-state index contributed by atoms with van der Waals surface area (Å²) in [5.74, 6) is 1.48. The molecule has 2 aliphatic heterocycles. The summed E-state index contributed by atoms with van der Waals surface area (Å²) in [4.78, 5) is 11.5. The molecule has 0 aliphatic carbocycles. The minimum Gasteiger partial charge on any atom is -0.375 e. The lowest BCUT2D eigenvalue weighted by atomic mass is 10.0. The summed E-state index contributed by atoms with van der Waals surface area (Å²) in [6.07, 6.45) is 4.12. The summed E-state index contributed by atoms with van der Waals surface area (Å²) in [7, 11) is 2.17. The van der Waals surface area contributed by atoms with Crippen molar-refractivity contribution in [1.82, 2.24) is 20.2 Å². The van der Waals surface area contributed by atoms with Crippen LogP contribution < -0.4 is 5.32 Å². The number of nitrogens with one attached hydrogen (secondary N) is 1. The van der Waals surface area contributed by atoms with Gasteiger partial charge in [-0.25, -0.2) is 9.97 Å². The molecular weight excluding hydrogens is 240 g/mol. The van der Waals surface area contributed by atoms with E-state index in [1.54, 1.807) is 0 Å². The molecule has 5 heteroatoms. The number of likely N-dealkylation sites (tertiary alicyclic amines) is 1. The minimum absolute atomic E-state index is 0.218. The number of likely N-dealkylation sites (N-methyl/N-ethyl adjacent to an activating group) is 1. The van der Waals surface area contributed by atoms with Gasteiger partial charge in [0.15, 0.2) is 0 Å². The highest BCUT2D eigenvalue weighted by molar-refractivity contribution is 5.11. The molecule has 1 N–H and O–H groups in total. The lowest BCUT2D eigenvalue weighted by Gasteiger charge is -2.23. The van der Waals surface area contributed by atoms with Crippen LogP contribution in [0.5, 0.6) is 0 Å². The van der Waals surface area contributed by atoms with E-state index < -0.39 is 0 Å². The Labute approximate surface area is 114 Å². The van der Waals surface area contributed by atoms with E-state index in [1.165, 1.54) is 18.7 Å². The van der Waals surface area contributed by atoms with Gasteiger partial charge in [-0.1, -0.05) is 0 Å². The predicted molar refractivity (Wildman–Crippen MR) is 73.2 cm³/mol. The Kier molecular flexibility index (Phi) is 4.06. The van der Waals surface area contributed by atoms with Crippen LogP contribution in [-0.4, -0.2) is 60.8 Å². The number of morpholine rings is 1. The molecule has 2 atom stereocenters. The molecule has 2 saturated heterocycles. The van der Waals surface area contributed by atoms with Crippen LogP contribution >= 0.6 is 0 Å². The third-order valence-electron chi connectivity index (χ3n) is 3.95. The Morgan fingerprint density at radius 1 is 1.53 bits per heavy atom. The summed E-state index contributed by atoms with van der Waals surface area (Å²) < 4.78 is 5.71. The van der Waals surface area contributed by atoms with Crippen LogP contribution in [-0.2, 0) is 11.2 Å². The van der Waals surface area contributed by atoms with Crippen molar-refractivity contribution in [2.45, 2.75) is 24.9 Å². The van der Waals surface area contributed by atoms with Crippen LogP contribution in [0.25, 0.3) is 0 Å². The van der Waals surface area contributed by atoms with Gasteiger partial charge in [0.25, 0.3) is 0 Å². The van der Waals surface area contributed by atoms with E-state index in [0.717, 1.165) is 38.5 Å². The van der Waals surface area contributed by atoms with Gasteiger partial charge in [0.05, 0.1) is 12.7 Å². The first-order valence-corrected chi connectivity index (χ1v) is 7.14. The van der Waals surface area contributed by atoms with Gasteiger partial charge in [0.2, 0.25) is 0 Å². The SMILES string of the molecule is CN1CCC(c2ccnc(CC3CNCCO3)n2)C1. The van der Waals surface area contributed by atoms with Gasteiger partial charge in [-0.05, 0) is 26.1 Å². The summed E-state index contributed by atoms with van der Waals surface area (Å²) in [6, 6.07) is 2.06. The van der Waals surface area contributed by atoms with E-state index >= 15 is 0 Å². The van der Waals surface area contributed by atoms with Crippen LogP contribution in [0.2, 0.25) is 0 Å². The molecule has 0 radical (unpaired) electrons. The Balaban J connectivity index is 1.65. The number of nitrogens with zero attached hydrogens (tertiary/aromatic N) is 3. The highest BCUT2D eigenvalue weighted by atomic mass is 16.5. The average molecular weight is 262 g/mol. The minimum atomic E-state index is 0.218. The molecule has 5 nitrogen and oxygen atoms in total. The molecule has 19 heavy (non-hydrogen) atoms. The maximum absolute atomic E-state index is 5.71. The number of hydrogen-bond donors (Lipinski definition) is 1. The van der Waals surface area contributed by atoms with E-state index in [1.807, 2.05) is 6.20 Å². The van der Waals surface area contributed by atoms with Gasteiger partial charge >= 0.3 is 0 Å². The number of aromatic nitrogens is 2. The molecule has 0 spiro atoms. The molecule has 1 aromatic heterocycles. The lowest BCUT2D eigenvalue weighted by molar-refractivity contribution is 0.0280. The fraction of sp³-hybridized carbons (Fsp3) is 0.714. The predicted octanol–water partition coefficient (Wildman–Crippen LogP) is 0.427. The van der Waals surface area contributed by atoms with Gasteiger partial charge in [0.1, 0.15) is 5.82 Å². The van der Waals surface area contributed by atoms with E-state index in [9.17, 15) is 0 Å². The molecule has 0 aromatic carbocycles. The molecule has 0 bridgehead atoms. The van der Waals surface area contributed by atoms with Crippen LogP contribution in [0.15, 0.2) is 12.3 Å². The van der Waals surface area contributed by atoms with Crippen molar-refractivity contribution in [3.63, 3.8) is 0 Å². The molecule has 3 rings (SSSR count). The Hall–Kier alpha value is -1.04. The van der Waals surface area contributed by atoms with E-state index in [4.69, 9.17) is 9.72 Å². The lowest BCUT2D eigenvalue weighted by Crippen LogP contribution is -2.39. The molecule has 104 valence electrons. The van der Waals surface area contributed by atoms with Crippen molar-refractivity contribution in [3.05, 3.63) is 23.8 Å². The summed E-state index contributed by atoms with van der Waals surface area (Å²) in [6.45, 7) is 4.92. The van der Waals surface area contributed by atoms with E-state index in [0.29, 0.717) is 5.92 Å². The van der Waals surface area contributed by atoms with Gasteiger partial charge in [-0.3, -0.25) is 0 Å². The first-order chi connectivity index (χ1) is 9.31.